The molecule has 2 N–H and O–H groups in total. The summed E-state index contributed by atoms with van der Waals surface area (Å²) in [5, 5.41) is 4.74. The predicted octanol–water partition coefficient (Wildman–Crippen LogP) is 5.74. The fourth-order valence-electron chi connectivity index (χ4n) is 7.84. The van der Waals surface area contributed by atoms with Crippen molar-refractivity contribution in [2.75, 3.05) is 37.7 Å². The first kappa shape index (κ1) is 25.3. The predicted molar refractivity (Wildman–Crippen MR) is 152 cm³/mol. The lowest BCUT2D eigenvalue weighted by Crippen LogP contribution is -2.51. The Morgan fingerprint density at radius 1 is 1.00 bits per heavy atom. The lowest BCUT2D eigenvalue weighted by atomic mass is 9.95. The molecule has 0 spiro atoms. The minimum atomic E-state index is -4.46. The molecule has 2 aromatic carbocycles. The first-order valence-corrected chi connectivity index (χ1v) is 14.7. The molecule has 2 aromatic heterocycles. The molecule has 0 aliphatic carbocycles. The largest absolute Gasteiger partial charge is 0.461 e. The van der Waals surface area contributed by atoms with Gasteiger partial charge in [-0.25, -0.2) is 0 Å². The van der Waals surface area contributed by atoms with E-state index in [1.807, 2.05) is 18.2 Å². The molecule has 4 saturated heterocycles. The van der Waals surface area contributed by atoms with E-state index in [4.69, 9.17) is 14.7 Å². The highest BCUT2D eigenvalue weighted by atomic mass is 19.4. The topological polar surface area (TPSA) is 69.3 Å². The van der Waals surface area contributed by atoms with Gasteiger partial charge in [0.15, 0.2) is 0 Å². The second-order valence-electron chi connectivity index (χ2n) is 12.2. The summed E-state index contributed by atoms with van der Waals surface area (Å²) in [5.74, 6) is 0.844. The van der Waals surface area contributed by atoms with Crippen LogP contribution in [0.25, 0.3) is 32.9 Å². The van der Waals surface area contributed by atoms with E-state index in [2.05, 4.69) is 20.1 Å². The summed E-state index contributed by atoms with van der Waals surface area (Å²) in [5.41, 5.74) is 1.73. The Kier molecular flexibility index (Phi) is 5.76. The maximum absolute atomic E-state index is 14.0. The summed E-state index contributed by atoms with van der Waals surface area (Å²) >= 11 is 0. The molecule has 7 nitrogen and oxygen atoms in total. The van der Waals surface area contributed by atoms with Crippen LogP contribution in [0.2, 0.25) is 0 Å². The molecule has 4 aromatic rings. The Morgan fingerprint density at radius 3 is 2.54 bits per heavy atom. The standard InChI is InChI=1S/C31H33F3N6O/c32-31(33,34)24-4-1-5-25-27(24)23(15-35-25)19-6-9-22-26(14-19)37-29(41-18-30-10-2-12-40(30)13-3-11-30)38-28(22)39-16-20-7-8-21(17-39)36-20/h1,4-6,9,14-15,20-21,35-36H,2-3,7-8,10-13,16-18H2/t20-,21+. The summed E-state index contributed by atoms with van der Waals surface area (Å²) < 4.78 is 48.3. The number of piperazine rings is 1. The fourth-order valence-corrected chi connectivity index (χ4v) is 7.84. The maximum Gasteiger partial charge on any atom is 0.417 e. The van der Waals surface area contributed by atoms with E-state index in [9.17, 15) is 13.2 Å². The molecule has 2 bridgehead atoms. The number of anilines is 1. The summed E-state index contributed by atoms with van der Waals surface area (Å²) in [7, 11) is 0. The molecular formula is C31H33F3N6O. The van der Waals surface area contributed by atoms with Gasteiger partial charge >= 0.3 is 12.2 Å². The van der Waals surface area contributed by atoms with E-state index < -0.39 is 11.7 Å². The molecule has 41 heavy (non-hydrogen) atoms. The zero-order valence-electron chi connectivity index (χ0n) is 22.8. The van der Waals surface area contributed by atoms with Gasteiger partial charge in [0.1, 0.15) is 12.4 Å². The Bertz CT molecular complexity index is 1610. The molecule has 4 fully saturated rings. The van der Waals surface area contributed by atoms with Crippen molar-refractivity contribution in [3.63, 3.8) is 0 Å². The number of hydrogen-bond donors (Lipinski definition) is 2. The van der Waals surface area contributed by atoms with Crippen molar-refractivity contribution < 1.29 is 17.9 Å². The molecule has 0 unspecified atom stereocenters. The van der Waals surface area contributed by atoms with E-state index in [1.54, 1.807) is 12.3 Å². The average molecular weight is 563 g/mol. The van der Waals surface area contributed by atoms with Crippen molar-refractivity contribution in [1.82, 2.24) is 25.2 Å². The highest BCUT2D eigenvalue weighted by Crippen LogP contribution is 2.42. The summed E-state index contributed by atoms with van der Waals surface area (Å²) in [4.78, 5) is 17.7. The third-order valence-electron chi connectivity index (χ3n) is 9.78. The smallest absolute Gasteiger partial charge is 0.417 e. The lowest BCUT2D eigenvalue weighted by Gasteiger charge is -2.34. The Hall–Kier alpha value is -3.37. The van der Waals surface area contributed by atoms with Crippen LogP contribution in [0.4, 0.5) is 19.0 Å². The monoisotopic (exact) mass is 562 g/mol. The Balaban J connectivity index is 1.22. The van der Waals surface area contributed by atoms with Crippen LogP contribution in [0.5, 0.6) is 6.01 Å². The SMILES string of the molecule is FC(F)(F)c1cccc2[nH]cc(-c3ccc4c(N5C[C@H]6CC[C@@H](C5)N6)nc(OCC56CCCN5CCC6)nc4c3)c12. The summed E-state index contributed by atoms with van der Waals surface area (Å²) in [6, 6.07) is 11.2. The van der Waals surface area contributed by atoms with E-state index >= 15 is 0 Å². The van der Waals surface area contributed by atoms with Crippen LogP contribution < -0.4 is 15.0 Å². The number of nitrogens with zero attached hydrogens (tertiary/aromatic N) is 4. The second kappa shape index (κ2) is 9.32. The summed E-state index contributed by atoms with van der Waals surface area (Å²) in [6.07, 6.45) is 4.12. The minimum absolute atomic E-state index is 0.0620. The van der Waals surface area contributed by atoms with Crippen LogP contribution in [0.3, 0.4) is 0 Å². The van der Waals surface area contributed by atoms with Crippen molar-refractivity contribution in [3.8, 4) is 17.1 Å². The third-order valence-corrected chi connectivity index (χ3v) is 9.78. The van der Waals surface area contributed by atoms with Gasteiger partial charge in [-0.15, -0.1) is 0 Å². The molecule has 6 heterocycles. The minimum Gasteiger partial charge on any atom is -0.461 e. The van der Waals surface area contributed by atoms with Crippen molar-refractivity contribution in [2.24, 2.45) is 0 Å². The van der Waals surface area contributed by atoms with Crippen LogP contribution in [-0.4, -0.2) is 70.3 Å². The molecule has 214 valence electrons. The van der Waals surface area contributed by atoms with Gasteiger partial charge in [0.25, 0.3) is 0 Å². The van der Waals surface area contributed by atoms with Gasteiger partial charge in [-0.2, -0.15) is 23.1 Å². The zero-order valence-corrected chi connectivity index (χ0v) is 22.8. The number of fused-ring (bicyclic) bond motifs is 5. The van der Waals surface area contributed by atoms with Crippen molar-refractivity contribution in [3.05, 3.63) is 48.2 Å². The number of aromatic amines is 1. The average Bonchev–Trinajstić information content (AvgIpc) is 3.73. The highest BCUT2D eigenvalue weighted by molar-refractivity contribution is 6.01. The molecule has 4 aliphatic heterocycles. The van der Waals surface area contributed by atoms with E-state index in [1.165, 1.54) is 18.9 Å². The van der Waals surface area contributed by atoms with Crippen molar-refractivity contribution in [1.29, 1.82) is 0 Å². The first-order chi connectivity index (χ1) is 19.9. The quantitative estimate of drug-likeness (QED) is 0.323. The lowest BCUT2D eigenvalue weighted by molar-refractivity contribution is -0.136. The Morgan fingerprint density at radius 2 is 1.78 bits per heavy atom. The first-order valence-electron chi connectivity index (χ1n) is 14.7. The van der Waals surface area contributed by atoms with E-state index in [0.717, 1.165) is 69.1 Å². The number of rotatable bonds is 5. The van der Waals surface area contributed by atoms with E-state index in [-0.39, 0.29) is 10.9 Å². The van der Waals surface area contributed by atoms with Crippen LogP contribution in [-0.2, 0) is 6.18 Å². The molecule has 0 saturated carbocycles. The number of nitrogens with one attached hydrogen (secondary N) is 2. The molecule has 0 amide bonds. The Labute approximate surface area is 236 Å². The van der Waals surface area contributed by atoms with Gasteiger partial charge in [0.2, 0.25) is 0 Å². The van der Waals surface area contributed by atoms with Crippen LogP contribution >= 0.6 is 0 Å². The molecule has 0 radical (unpaired) electrons. The number of ether oxygens (including phenoxy) is 1. The molecule has 10 heteroatoms. The van der Waals surface area contributed by atoms with Gasteiger partial charge in [0.05, 0.1) is 16.6 Å². The highest BCUT2D eigenvalue weighted by Gasteiger charge is 2.45. The van der Waals surface area contributed by atoms with Crippen LogP contribution in [0.1, 0.15) is 44.1 Å². The van der Waals surface area contributed by atoms with Gasteiger partial charge in [0, 0.05) is 53.2 Å². The van der Waals surface area contributed by atoms with Crippen LogP contribution in [0, 0.1) is 0 Å². The second-order valence-corrected chi connectivity index (χ2v) is 12.2. The van der Waals surface area contributed by atoms with Gasteiger partial charge in [-0.3, -0.25) is 4.90 Å². The number of aromatic nitrogens is 3. The molecule has 4 aliphatic rings. The number of alkyl halides is 3. The van der Waals surface area contributed by atoms with Crippen LogP contribution in [0.15, 0.2) is 42.6 Å². The number of benzene rings is 2. The fraction of sp³-hybridized carbons (Fsp3) is 0.484. The summed E-state index contributed by atoms with van der Waals surface area (Å²) in [6.45, 7) is 4.51. The molecular weight excluding hydrogens is 529 g/mol. The number of halogens is 3. The van der Waals surface area contributed by atoms with Gasteiger partial charge in [-0.1, -0.05) is 12.1 Å². The van der Waals surface area contributed by atoms with Gasteiger partial charge < -0.3 is 19.9 Å². The van der Waals surface area contributed by atoms with Gasteiger partial charge in [-0.05, 0) is 81.4 Å². The van der Waals surface area contributed by atoms with Crippen molar-refractivity contribution in [2.45, 2.75) is 62.3 Å². The van der Waals surface area contributed by atoms with Crippen molar-refractivity contribution >= 4 is 27.6 Å². The molecule has 2 atom stereocenters. The maximum atomic E-state index is 14.0. The third kappa shape index (κ3) is 4.25. The normalized spacial score (nSPS) is 24.0. The number of H-pyrrole nitrogens is 1. The van der Waals surface area contributed by atoms with E-state index in [0.29, 0.717) is 46.9 Å². The molecule has 8 rings (SSSR count). The number of hydrogen-bond acceptors (Lipinski definition) is 6. The zero-order chi connectivity index (χ0) is 27.8.